The van der Waals surface area contributed by atoms with E-state index in [-0.39, 0.29) is 17.7 Å². The molecule has 0 fully saturated rings. The number of aliphatic imine (C=N–C) groups is 1. The summed E-state index contributed by atoms with van der Waals surface area (Å²) in [7, 11) is 1.42. The lowest BCUT2D eigenvalue weighted by Crippen LogP contribution is -2.18. The molecule has 1 heterocycles. The van der Waals surface area contributed by atoms with Crippen LogP contribution >= 0.6 is 11.3 Å². The molecule has 1 aromatic rings. The maximum absolute atomic E-state index is 11.8. The van der Waals surface area contributed by atoms with Crippen molar-refractivity contribution in [1.82, 2.24) is 0 Å². The minimum Gasteiger partial charge on any atom is -0.326 e. The number of ketones is 1. The Bertz CT molecular complexity index is 374. The Morgan fingerprint density at radius 1 is 1.56 bits per heavy atom. The SMILES string of the molecule is COO/C=N/[C@@H](CC(=O)C(C)C)Cc1cccs1. The Balaban J connectivity index is 2.59. The van der Waals surface area contributed by atoms with Crippen LogP contribution in [-0.4, -0.2) is 25.3 Å². The van der Waals surface area contributed by atoms with Gasteiger partial charge < -0.3 is 4.89 Å². The number of thiophene rings is 1. The van der Waals surface area contributed by atoms with E-state index in [2.05, 4.69) is 14.8 Å². The third-order valence-corrected chi connectivity index (χ3v) is 3.41. The standard InChI is InChI=1S/C13H19NO3S/c1-10(2)13(15)8-11(14-9-17-16-3)7-12-5-4-6-18-12/h4-6,9-11H,7-8H2,1-3H3/b14-9+/t11-/m1/s1. The first-order chi connectivity index (χ1) is 8.63. The van der Waals surface area contributed by atoms with Gasteiger partial charge in [0.1, 0.15) is 5.78 Å². The molecule has 5 heteroatoms. The maximum Gasteiger partial charge on any atom is 0.215 e. The topological polar surface area (TPSA) is 47.9 Å². The van der Waals surface area contributed by atoms with Crippen molar-refractivity contribution < 1.29 is 14.6 Å². The molecule has 4 nitrogen and oxygen atoms in total. The van der Waals surface area contributed by atoms with Crippen molar-refractivity contribution in [3.8, 4) is 0 Å². The van der Waals surface area contributed by atoms with E-state index in [1.54, 1.807) is 11.3 Å². The Hall–Kier alpha value is -1.20. The van der Waals surface area contributed by atoms with Crippen molar-refractivity contribution in [3.63, 3.8) is 0 Å². The Kier molecular flexibility index (Phi) is 6.60. The summed E-state index contributed by atoms with van der Waals surface area (Å²) in [6.07, 6.45) is 2.44. The summed E-state index contributed by atoms with van der Waals surface area (Å²) in [6.45, 7) is 3.81. The van der Waals surface area contributed by atoms with Crippen molar-refractivity contribution in [1.29, 1.82) is 0 Å². The molecule has 0 saturated heterocycles. The highest BCUT2D eigenvalue weighted by molar-refractivity contribution is 7.09. The summed E-state index contributed by atoms with van der Waals surface area (Å²) in [4.78, 5) is 26.3. The third-order valence-electron chi connectivity index (χ3n) is 2.51. The van der Waals surface area contributed by atoms with E-state index in [1.807, 2.05) is 31.4 Å². The van der Waals surface area contributed by atoms with Crippen molar-refractivity contribution >= 4 is 23.5 Å². The van der Waals surface area contributed by atoms with E-state index in [9.17, 15) is 4.79 Å². The molecule has 0 radical (unpaired) electrons. The van der Waals surface area contributed by atoms with Crippen LogP contribution in [0.5, 0.6) is 0 Å². The highest BCUT2D eigenvalue weighted by Crippen LogP contribution is 2.16. The van der Waals surface area contributed by atoms with Gasteiger partial charge in [-0.25, -0.2) is 0 Å². The van der Waals surface area contributed by atoms with Crippen molar-refractivity contribution in [3.05, 3.63) is 22.4 Å². The van der Waals surface area contributed by atoms with Crippen LogP contribution in [0.25, 0.3) is 0 Å². The largest absolute Gasteiger partial charge is 0.326 e. The van der Waals surface area contributed by atoms with Crippen molar-refractivity contribution in [2.24, 2.45) is 10.9 Å². The van der Waals surface area contributed by atoms with Gasteiger partial charge in [0.15, 0.2) is 0 Å². The molecule has 0 aliphatic carbocycles. The smallest absolute Gasteiger partial charge is 0.215 e. The van der Waals surface area contributed by atoms with Crippen LogP contribution in [0.2, 0.25) is 0 Å². The number of nitrogens with zero attached hydrogens (tertiary/aromatic N) is 1. The first-order valence-electron chi connectivity index (χ1n) is 5.89. The summed E-state index contributed by atoms with van der Waals surface area (Å²) in [6, 6.07) is 3.95. The van der Waals surface area contributed by atoms with E-state index in [4.69, 9.17) is 0 Å². The number of Topliss-reactive ketones (excluding diaryl/α,β-unsaturated/α-hetero) is 1. The van der Waals surface area contributed by atoms with E-state index >= 15 is 0 Å². The van der Waals surface area contributed by atoms with Gasteiger partial charge in [0.05, 0.1) is 13.2 Å². The minimum atomic E-state index is -0.0892. The Morgan fingerprint density at radius 3 is 2.89 bits per heavy atom. The summed E-state index contributed by atoms with van der Waals surface area (Å²) in [5.41, 5.74) is 0. The predicted molar refractivity (Wildman–Crippen MR) is 72.9 cm³/mol. The lowest BCUT2D eigenvalue weighted by atomic mass is 10.00. The molecule has 100 valence electrons. The Morgan fingerprint density at radius 2 is 2.33 bits per heavy atom. The maximum atomic E-state index is 11.8. The molecular formula is C13H19NO3S. The van der Waals surface area contributed by atoms with Crippen LogP contribution in [0.1, 0.15) is 25.1 Å². The molecule has 0 aliphatic heterocycles. The van der Waals surface area contributed by atoms with Gasteiger partial charge >= 0.3 is 0 Å². The Labute approximate surface area is 112 Å². The van der Waals surface area contributed by atoms with Crippen LogP contribution < -0.4 is 0 Å². The van der Waals surface area contributed by atoms with Gasteiger partial charge in [-0.2, -0.15) is 4.89 Å². The molecule has 1 aromatic heterocycles. The van der Waals surface area contributed by atoms with Gasteiger partial charge in [-0.3, -0.25) is 9.79 Å². The number of carbonyl (C=O) groups is 1. The van der Waals surface area contributed by atoms with Gasteiger partial charge in [-0.1, -0.05) is 19.9 Å². The average Bonchev–Trinajstić information content (AvgIpc) is 2.81. The molecule has 0 spiro atoms. The fourth-order valence-corrected chi connectivity index (χ4v) is 2.24. The lowest BCUT2D eigenvalue weighted by Gasteiger charge is -2.11. The van der Waals surface area contributed by atoms with E-state index in [0.717, 1.165) is 6.42 Å². The van der Waals surface area contributed by atoms with E-state index in [0.29, 0.717) is 6.42 Å². The number of hydrogen-bond acceptors (Lipinski definition) is 5. The number of rotatable bonds is 8. The zero-order valence-corrected chi connectivity index (χ0v) is 11.8. The van der Waals surface area contributed by atoms with Gasteiger partial charge in [-0.15, -0.1) is 11.3 Å². The van der Waals surface area contributed by atoms with Gasteiger partial charge in [-0.05, 0) is 11.4 Å². The molecule has 0 saturated carbocycles. The van der Waals surface area contributed by atoms with Gasteiger partial charge in [0.25, 0.3) is 0 Å². The second-order valence-electron chi connectivity index (χ2n) is 4.28. The monoisotopic (exact) mass is 269 g/mol. The van der Waals surface area contributed by atoms with Crippen LogP contribution in [0.3, 0.4) is 0 Å². The average molecular weight is 269 g/mol. The molecule has 0 aliphatic rings. The van der Waals surface area contributed by atoms with E-state index < -0.39 is 0 Å². The normalized spacial score (nSPS) is 13.1. The fourth-order valence-electron chi connectivity index (χ4n) is 1.46. The zero-order chi connectivity index (χ0) is 13.4. The lowest BCUT2D eigenvalue weighted by molar-refractivity contribution is -0.188. The molecule has 0 bridgehead atoms. The van der Waals surface area contributed by atoms with Crippen molar-refractivity contribution in [2.45, 2.75) is 32.7 Å². The second-order valence-corrected chi connectivity index (χ2v) is 5.31. The summed E-state index contributed by atoms with van der Waals surface area (Å²) >= 11 is 1.67. The minimum absolute atomic E-state index is 0.0365. The molecular weight excluding hydrogens is 250 g/mol. The van der Waals surface area contributed by atoms with E-state index in [1.165, 1.54) is 18.4 Å². The van der Waals surface area contributed by atoms with Crippen molar-refractivity contribution in [2.75, 3.05) is 7.11 Å². The van der Waals surface area contributed by atoms with Crippen LogP contribution in [-0.2, 0) is 21.0 Å². The van der Waals surface area contributed by atoms with Crippen LogP contribution in [0, 0.1) is 5.92 Å². The molecule has 0 unspecified atom stereocenters. The van der Waals surface area contributed by atoms with Gasteiger partial charge in [0.2, 0.25) is 6.40 Å². The molecule has 0 N–H and O–H groups in total. The van der Waals surface area contributed by atoms with Crippen LogP contribution in [0.4, 0.5) is 0 Å². The highest BCUT2D eigenvalue weighted by atomic mass is 32.1. The van der Waals surface area contributed by atoms with Crippen LogP contribution in [0.15, 0.2) is 22.5 Å². The van der Waals surface area contributed by atoms with Gasteiger partial charge in [0, 0.05) is 23.6 Å². The predicted octanol–water partition coefficient (Wildman–Crippen LogP) is 2.88. The number of hydrogen-bond donors (Lipinski definition) is 0. The number of carbonyl (C=O) groups excluding carboxylic acids is 1. The molecule has 1 rings (SSSR count). The zero-order valence-electron chi connectivity index (χ0n) is 11.0. The quantitative estimate of drug-likeness (QED) is 0.315. The molecule has 0 aromatic carbocycles. The summed E-state index contributed by atoms with van der Waals surface area (Å²) in [5, 5.41) is 2.02. The summed E-state index contributed by atoms with van der Waals surface area (Å²) < 4.78 is 0. The first kappa shape index (κ1) is 14.9. The second kappa shape index (κ2) is 8.00. The molecule has 0 amide bonds. The highest BCUT2D eigenvalue weighted by Gasteiger charge is 2.16. The fraction of sp³-hybridized carbons (Fsp3) is 0.538. The molecule has 18 heavy (non-hydrogen) atoms. The molecule has 1 atom stereocenters. The third kappa shape index (κ3) is 5.42. The first-order valence-corrected chi connectivity index (χ1v) is 6.77. The summed E-state index contributed by atoms with van der Waals surface area (Å²) in [5.74, 6) is 0.250.